The Bertz CT molecular complexity index is 1610. The van der Waals surface area contributed by atoms with E-state index in [2.05, 4.69) is 31.3 Å². The van der Waals surface area contributed by atoms with Crippen LogP contribution in [-0.4, -0.2) is 35.7 Å². The second kappa shape index (κ2) is 13.4. The van der Waals surface area contributed by atoms with Crippen LogP contribution >= 0.6 is 15.9 Å². The van der Waals surface area contributed by atoms with Gasteiger partial charge in [0.15, 0.2) is 11.6 Å². The van der Waals surface area contributed by atoms with E-state index in [1.807, 2.05) is 72.8 Å². The molecule has 2 N–H and O–H groups in total. The minimum Gasteiger partial charge on any atom is -0.494 e. The maximum Gasteiger partial charge on any atom is 0.257 e. The molecule has 42 heavy (non-hydrogen) atoms. The van der Waals surface area contributed by atoms with Gasteiger partial charge in [-0.05, 0) is 59.6 Å². The third-order valence-corrected chi connectivity index (χ3v) is 7.35. The lowest BCUT2D eigenvalue weighted by molar-refractivity contribution is -0.123. The van der Waals surface area contributed by atoms with Crippen LogP contribution in [0.3, 0.4) is 0 Å². The Morgan fingerprint density at radius 1 is 1.02 bits per heavy atom. The molecule has 9 nitrogen and oxygen atoms in total. The van der Waals surface area contributed by atoms with Crippen LogP contribution in [0.4, 0.5) is 11.4 Å². The van der Waals surface area contributed by atoms with E-state index < -0.39 is 11.6 Å². The third-order valence-electron chi connectivity index (χ3n) is 6.82. The second-order valence-corrected chi connectivity index (χ2v) is 10.6. The highest BCUT2D eigenvalue weighted by Gasteiger charge is 2.54. The van der Waals surface area contributed by atoms with E-state index in [-0.39, 0.29) is 24.8 Å². The quantitative estimate of drug-likeness (QED) is 0.0784. The van der Waals surface area contributed by atoms with Crippen LogP contribution in [0, 0.1) is 0 Å². The van der Waals surface area contributed by atoms with Crippen LogP contribution < -0.4 is 10.1 Å². The van der Waals surface area contributed by atoms with Crippen LogP contribution in [0.5, 0.6) is 5.75 Å². The van der Waals surface area contributed by atoms with E-state index in [0.717, 1.165) is 10.0 Å². The number of amides is 1. The summed E-state index contributed by atoms with van der Waals surface area (Å²) in [6.45, 7) is 0.439. The van der Waals surface area contributed by atoms with Gasteiger partial charge in [0.05, 0.1) is 6.61 Å². The van der Waals surface area contributed by atoms with E-state index in [0.29, 0.717) is 41.3 Å². The van der Waals surface area contributed by atoms with E-state index >= 15 is 0 Å². The highest BCUT2D eigenvalue weighted by atomic mass is 79.9. The van der Waals surface area contributed by atoms with Gasteiger partial charge >= 0.3 is 0 Å². The molecule has 0 saturated heterocycles. The number of carbonyl (C=O) groups excluding carboxylic acids is 1. The summed E-state index contributed by atoms with van der Waals surface area (Å²) in [5.74, 6) is 0.549. The maximum atomic E-state index is 14.4. The Morgan fingerprint density at radius 3 is 2.45 bits per heavy atom. The topological polar surface area (TPSA) is 129 Å². The molecular weight excluding hydrogens is 598 g/mol. The van der Waals surface area contributed by atoms with Crippen LogP contribution in [-0.2, 0) is 16.0 Å². The zero-order chi connectivity index (χ0) is 29.4. The molecule has 0 saturated carbocycles. The SMILES string of the molecule is [N-]=[N+]=Nc1ccccc1[C@H]1OC(c2ccc(OCCCO)cc2)=N[C@@]1(Cc1ccc(Br)cc1)C(=O)Nc1ccccc1. The van der Waals surface area contributed by atoms with Crippen LogP contribution in [0.25, 0.3) is 10.4 Å². The Labute approximate surface area is 251 Å². The lowest BCUT2D eigenvalue weighted by Crippen LogP contribution is -2.46. The van der Waals surface area contributed by atoms with Gasteiger partial charge < -0.3 is 19.9 Å². The highest BCUT2D eigenvalue weighted by molar-refractivity contribution is 9.10. The number of carbonyl (C=O) groups is 1. The van der Waals surface area contributed by atoms with E-state index in [9.17, 15) is 10.3 Å². The average Bonchev–Trinajstić information content (AvgIpc) is 3.40. The molecule has 0 radical (unpaired) electrons. The molecule has 0 fully saturated rings. The molecular formula is C32H28BrN5O4. The first-order chi connectivity index (χ1) is 20.5. The van der Waals surface area contributed by atoms with Gasteiger partial charge in [0, 0.05) is 51.3 Å². The molecule has 2 atom stereocenters. The summed E-state index contributed by atoms with van der Waals surface area (Å²) in [5.41, 5.74) is 10.9. The maximum absolute atomic E-state index is 14.4. The number of aliphatic imine (C=N–C) groups is 1. The first-order valence-corrected chi connectivity index (χ1v) is 14.2. The van der Waals surface area contributed by atoms with Crippen molar-refractivity contribution in [3.63, 3.8) is 0 Å². The molecule has 0 aliphatic carbocycles. The number of ether oxygens (including phenoxy) is 2. The number of azide groups is 1. The van der Waals surface area contributed by atoms with Gasteiger partial charge in [-0.3, -0.25) is 4.79 Å². The third kappa shape index (κ3) is 6.47. The van der Waals surface area contributed by atoms with Crippen molar-refractivity contribution in [2.75, 3.05) is 18.5 Å². The van der Waals surface area contributed by atoms with Crippen molar-refractivity contribution in [2.24, 2.45) is 10.1 Å². The molecule has 212 valence electrons. The molecule has 0 bridgehead atoms. The summed E-state index contributed by atoms with van der Waals surface area (Å²) >= 11 is 3.49. The minimum atomic E-state index is -1.46. The second-order valence-electron chi connectivity index (χ2n) is 9.66. The first-order valence-electron chi connectivity index (χ1n) is 13.4. The molecule has 5 rings (SSSR count). The molecule has 1 heterocycles. The number of benzene rings is 4. The predicted octanol–water partition coefficient (Wildman–Crippen LogP) is 7.29. The van der Waals surface area contributed by atoms with Crippen molar-refractivity contribution in [3.05, 3.63) is 135 Å². The lowest BCUT2D eigenvalue weighted by Gasteiger charge is -2.31. The molecule has 1 aliphatic heterocycles. The normalized spacial score (nSPS) is 17.5. The number of rotatable bonds is 11. The number of halogens is 1. The van der Waals surface area contributed by atoms with Gasteiger partial charge in [-0.2, -0.15) is 0 Å². The minimum absolute atomic E-state index is 0.0485. The Morgan fingerprint density at radius 2 is 1.74 bits per heavy atom. The summed E-state index contributed by atoms with van der Waals surface area (Å²) in [6, 6.07) is 31.1. The first kappa shape index (κ1) is 28.9. The number of aliphatic hydroxyl groups excluding tert-OH is 1. The zero-order valence-corrected chi connectivity index (χ0v) is 24.1. The van der Waals surface area contributed by atoms with Gasteiger partial charge in [0.1, 0.15) is 5.75 Å². The summed E-state index contributed by atoms with van der Waals surface area (Å²) in [6.07, 6.45) is -0.180. The van der Waals surface area contributed by atoms with Crippen LogP contribution in [0.2, 0.25) is 0 Å². The Balaban J connectivity index is 1.63. The highest BCUT2D eigenvalue weighted by Crippen LogP contribution is 2.46. The molecule has 4 aromatic rings. The molecule has 1 aliphatic rings. The molecule has 4 aromatic carbocycles. The molecule has 0 unspecified atom stereocenters. The lowest BCUT2D eigenvalue weighted by atomic mass is 9.81. The van der Waals surface area contributed by atoms with E-state index in [1.165, 1.54) is 0 Å². The number of hydrogen-bond acceptors (Lipinski definition) is 6. The van der Waals surface area contributed by atoms with E-state index in [4.69, 9.17) is 19.6 Å². The molecule has 10 heteroatoms. The largest absolute Gasteiger partial charge is 0.494 e. The zero-order valence-electron chi connectivity index (χ0n) is 22.6. The number of hydrogen-bond donors (Lipinski definition) is 2. The fourth-order valence-electron chi connectivity index (χ4n) is 4.78. The summed E-state index contributed by atoms with van der Waals surface area (Å²) < 4.78 is 13.1. The van der Waals surface area contributed by atoms with Crippen LogP contribution in [0.15, 0.2) is 118 Å². The van der Waals surface area contributed by atoms with Crippen molar-refractivity contribution >= 4 is 39.1 Å². The Hall–Kier alpha value is -4.63. The number of aliphatic hydroxyl groups is 1. The number of nitrogens with one attached hydrogen (secondary N) is 1. The fraction of sp³-hybridized carbons (Fsp3) is 0.188. The van der Waals surface area contributed by atoms with Crippen molar-refractivity contribution in [2.45, 2.75) is 24.5 Å². The molecule has 0 aromatic heterocycles. The van der Waals surface area contributed by atoms with Crippen molar-refractivity contribution in [3.8, 4) is 5.75 Å². The molecule has 0 spiro atoms. The predicted molar refractivity (Wildman–Crippen MR) is 165 cm³/mol. The standard InChI is InChI=1S/C32H28BrN5O4/c33-24-15-11-22(12-16-24)21-32(31(40)35-25-7-2-1-3-8-25)29(27-9-4-5-10-28(27)37-38-34)42-30(36-32)23-13-17-26(18-14-23)41-20-6-19-39/h1-5,7-18,29,39H,6,19-21H2,(H,35,40)/t29-,32-/m1/s1. The number of nitrogens with zero attached hydrogens (tertiary/aromatic N) is 4. The van der Waals surface area contributed by atoms with Crippen LogP contribution in [0.1, 0.15) is 29.2 Å². The van der Waals surface area contributed by atoms with Gasteiger partial charge in [-0.25, -0.2) is 4.99 Å². The van der Waals surface area contributed by atoms with Gasteiger partial charge in [-0.1, -0.05) is 75.6 Å². The van der Waals surface area contributed by atoms with Gasteiger partial charge in [-0.15, -0.1) is 0 Å². The Kier molecular flexibility index (Phi) is 9.18. The summed E-state index contributed by atoms with van der Waals surface area (Å²) in [4.78, 5) is 22.4. The van der Waals surface area contributed by atoms with Crippen molar-refractivity contribution in [1.29, 1.82) is 0 Å². The van der Waals surface area contributed by atoms with Gasteiger partial charge in [0.2, 0.25) is 5.90 Å². The smallest absolute Gasteiger partial charge is 0.257 e. The van der Waals surface area contributed by atoms with E-state index in [1.54, 1.807) is 30.3 Å². The van der Waals surface area contributed by atoms with Crippen molar-refractivity contribution in [1.82, 2.24) is 0 Å². The summed E-state index contributed by atoms with van der Waals surface area (Å²) in [7, 11) is 0. The number of para-hydroxylation sites is 1. The average molecular weight is 627 g/mol. The fourth-order valence-corrected chi connectivity index (χ4v) is 5.05. The summed E-state index contributed by atoms with van der Waals surface area (Å²) in [5, 5.41) is 16.0. The van der Waals surface area contributed by atoms with Gasteiger partial charge in [0.25, 0.3) is 5.91 Å². The molecule has 1 amide bonds. The van der Waals surface area contributed by atoms with Crippen molar-refractivity contribution < 1.29 is 19.4 Å². The number of anilines is 1. The monoisotopic (exact) mass is 625 g/mol.